The van der Waals surface area contributed by atoms with Crippen LogP contribution in [-0.2, 0) is 4.74 Å². The monoisotopic (exact) mass is 265 g/mol. The molecule has 4 heteroatoms. The standard InChI is InChI=1S/C15H20FNO2/c16-13-5-3-12(4-6-13)14(11-1-2-11)17-9-15(18)7-8-19-10-15/h3-6,11,14,17-18H,1-2,7-10H2. The van der Waals surface area contributed by atoms with Gasteiger partial charge in [-0.25, -0.2) is 4.39 Å². The summed E-state index contributed by atoms with van der Waals surface area (Å²) >= 11 is 0. The molecule has 1 aromatic carbocycles. The summed E-state index contributed by atoms with van der Waals surface area (Å²) in [4.78, 5) is 0. The summed E-state index contributed by atoms with van der Waals surface area (Å²) in [7, 11) is 0. The highest BCUT2D eigenvalue weighted by atomic mass is 19.1. The van der Waals surface area contributed by atoms with Gasteiger partial charge in [0.1, 0.15) is 11.4 Å². The third-order valence-corrected chi connectivity index (χ3v) is 4.06. The zero-order valence-corrected chi connectivity index (χ0v) is 10.9. The Morgan fingerprint density at radius 1 is 1.37 bits per heavy atom. The second kappa shape index (κ2) is 5.19. The van der Waals surface area contributed by atoms with Crippen LogP contribution in [0, 0.1) is 11.7 Å². The lowest BCUT2D eigenvalue weighted by molar-refractivity contribution is 0.0241. The van der Waals surface area contributed by atoms with Gasteiger partial charge in [-0.2, -0.15) is 0 Å². The Morgan fingerprint density at radius 2 is 2.11 bits per heavy atom. The first-order valence-electron chi connectivity index (χ1n) is 6.95. The van der Waals surface area contributed by atoms with Gasteiger partial charge in [-0.3, -0.25) is 0 Å². The Labute approximate surface area is 112 Å². The van der Waals surface area contributed by atoms with Gasteiger partial charge in [0.2, 0.25) is 0 Å². The molecule has 1 saturated carbocycles. The quantitative estimate of drug-likeness (QED) is 0.856. The van der Waals surface area contributed by atoms with E-state index in [1.165, 1.54) is 25.0 Å². The van der Waals surface area contributed by atoms with Crippen LogP contribution in [-0.4, -0.2) is 30.5 Å². The van der Waals surface area contributed by atoms with Crippen molar-refractivity contribution < 1.29 is 14.2 Å². The van der Waals surface area contributed by atoms with Gasteiger partial charge >= 0.3 is 0 Å². The van der Waals surface area contributed by atoms with Crippen molar-refractivity contribution in [3.05, 3.63) is 35.6 Å². The molecule has 2 N–H and O–H groups in total. The van der Waals surface area contributed by atoms with Gasteiger partial charge in [0.05, 0.1) is 6.61 Å². The molecule has 104 valence electrons. The average Bonchev–Trinajstić information content (AvgIpc) is 3.14. The topological polar surface area (TPSA) is 41.5 Å². The molecule has 2 aliphatic rings. The molecule has 2 unspecified atom stereocenters. The summed E-state index contributed by atoms with van der Waals surface area (Å²) in [5.41, 5.74) is 0.360. The van der Waals surface area contributed by atoms with Gasteiger partial charge in [-0.15, -0.1) is 0 Å². The second-order valence-corrected chi connectivity index (χ2v) is 5.77. The fourth-order valence-electron chi connectivity index (χ4n) is 2.69. The van der Waals surface area contributed by atoms with E-state index in [9.17, 15) is 9.50 Å². The van der Waals surface area contributed by atoms with Gasteiger partial charge in [0.15, 0.2) is 0 Å². The molecule has 1 aliphatic carbocycles. The highest BCUT2D eigenvalue weighted by molar-refractivity contribution is 5.22. The molecular formula is C15H20FNO2. The Bertz CT molecular complexity index is 424. The Morgan fingerprint density at radius 3 is 2.68 bits per heavy atom. The number of halogens is 1. The lowest BCUT2D eigenvalue weighted by Gasteiger charge is -2.26. The van der Waals surface area contributed by atoms with Crippen molar-refractivity contribution in [2.24, 2.45) is 5.92 Å². The van der Waals surface area contributed by atoms with Crippen LogP contribution >= 0.6 is 0 Å². The number of rotatable bonds is 5. The third-order valence-electron chi connectivity index (χ3n) is 4.06. The maximum Gasteiger partial charge on any atom is 0.123 e. The first kappa shape index (κ1) is 13.0. The molecule has 2 fully saturated rings. The van der Waals surface area contributed by atoms with E-state index in [0.717, 1.165) is 5.56 Å². The fourth-order valence-corrected chi connectivity index (χ4v) is 2.69. The molecule has 2 atom stereocenters. The van der Waals surface area contributed by atoms with Crippen molar-refractivity contribution in [3.63, 3.8) is 0 Å². The van der Waals surface area contributed by atoms with Crippen molar-refractivity contribution in [1.29, 1.82) is 0 Å². The number of nitrogens with one attached hydrogen (secondary N) is 1. The Balaban J connectivity index is 1.66. The van der Waals surface area contributed by atoms with E-state index in [-0.39, 0.29) is 11.9 Å². The molecule has 3 rings (SSSR count). The van der Waals surface area contributed by atoms with E-state index in [2.05, 4.69) is 5.32 Å². The van der Waals surface area contributed by atoms with Crippen LogP contribution < -0.4 is 5.32 Å². The number of hydrogen-bond acceptors (Lipinski definition) is 3. The second-order valence-electron chi connectivity index (χ2n) is 5.77. The van der Waals surface area contributed by atoms with Crippen LogP contribution in [0.25, 0.3) is 0 Å². The predicted octanol–water partition coefficient (Wildman–Crippen LogP) is 2.02. The fraction of sp³-hybridized carbons (Fsp3) is 0.600. The van der Waals surface area contributed by atoms with Crippen molar-refractivity contribution in [2.75, 3.05) is 19.8 Å². The van der Waals surface area contributed by atoms with Gasteiger partial charge < -0.3 is 15.2 Å². The van der Waals surface area contributed by atoms with E-state index in [1.807, 2.05) is 12.1 Å². The minimum Gasteiger partial charge on any atom is -0.386 e. The number of hydrogen-bond donors (Lipinski definition) is 2. The lowest BCUT2D eigenvalue weighted by Crippen LogP contribution is -2.42. The third kappa shape index (κ3) is 3.14. The van der Waals surface area contributed by atoms with E-state index in [0.29, 0.717) is 32.1 Å². The minimum atomic E-state index is -0.743. The number of benzene rings is 1. The Hall–Kier alpha value is -0.970. The van der Waals surface area contributed by atoms with Gasteiger partial charge in [0, 0.05) is 25.6 Å². The van der Waals surface area contributed by atoms with Crippen LogP contribution in [0.1, 0.15) is 30.9 Å². The van der Waals surface area contributed by atoms with Crippen molar-refractivity contribution in [3.8, 4) is 0 Å². The summed E-state index contributed by atoms with van der Waals surface area (Å²) in [6, 6.07) is 6.88. The summed E-state index contributed by atoms with van der Waals surface area (Å²) in [5.74, 6) is 0.400. The van der Waals surface area contributed by atoms with Crippen LogP contribution in [0.5, 0.6) is 0 Å². The molecule has 1 heterocycles. The van der Waals surface area contributed by atoms with E-state index in [1.54, 1.807) is 0 Å². The number of ether oxygens (including phenoxy) is 1. The largest absolute Gasteiger partial charge is 0.386 e. The zero-order chi connectivity index (χ0) is 13.3. The van der Waals surface area contributed by atoms with Crippen LogP contribution in [0.2, 0.25) is 0 Å². The number of aliphatic hydroxyl groups is 1. The maximum absolute atomic E-state index is 13.0. The minimum absolute atomic E-state index is 0.207. The first-order valence-corrected chi connectivity index (χ1v) is 6.95. The summed E-state index contributed by atoms with van der Waals surface area (Å²) < 4.78 is 18.2. The van der Waals surface area contributed by atoms with E-state index < -0.39 is 5.60 Å². The summed E-state index contributed by atoms with van der Waals surface area (Å²) in [6.45, 7) is 1.56. The molecule has 1 aromatic rings. The predicted molar refractivity (Wildman–Crippen MR) is 70.3 cm³/mol. The molecule has 0 bridgehead atoms. The first-order chi connectivity index (χ1) is 9.16. The van der Waals surface area contributed by atoms with Gasteiger partial charge in [0.25, 0.3) is 0 Å². The lowest BCUT2D eigenvalue weighted by atomic mass is 9.99. The molecule has 1 aliphatic heterocycles. The maximum atomic E-state index is 13.0. The van der Waals surface area contributed by atoms with Crippen molar-refractivity contribution in [2.45, 2.75) is 30.9 Å². The van der Waals surface area contributed by atoms with Crippen LogP contribution in [0.15, 0.2) is 24.3 Å². The molecule has 0 aromatic heterocycles. The van der Waals surface area contributed by atoms with Crippen molar-refractivity contribution in [1.82, 2.24) is 5.32 Å². The smallest absolute Gasteiger partial charge is 0.123 e. The molecule has 0 amide bonds. The Kier molecular flexibility index (Phi) is 3.56. The van der Waals surface area contributed by atoms with Crippen LogP contribution in [0.3, 0.4) is 0 Å². The van der Waals surface area contributed by atoms with Crippen LogP contribution in [0.4, 0.5) is 4.39 Å². The summed E-state index contributed by atoms with van der Waals surface area (Å²) in [5, 5.41) is 13.7. The normalized spacial score (nSPS) is 28.5. The molecule has 0 radical (unpaired) electrons. The molecule has 1 saturated heterocycles. The molecule has 0 spiro atoms. The SMILES string of the molecule is OC1(CNC(c2ccc(F)cc2)C2CC2)CCOC1. The van der Waals surface area contributed by atoms with E-state index >= 15 is 0 Å². The average molecular weight is 265 g/mol. The molecule has 3 nitrogen and oxygen atoms in total. The van der Waals surface area contributed by atoms with E-state index in [4.69, 9.17) is 4.74 Å². The van der Waals surface area contributed by atoms with Gasteiger partial charge in [-0.1, -0.05) is 12.1 Å². The van der Waals surface area contributed by atoms with Crippen molar-refractivity contribution >= 4 is 0 Å². The summed E-state index contributed by atoms with van der Waals surface area (Å²) in [6.07, 6.45) is 3.08. The zero-order valence-electron chi connectivity index (χ0n) is 10.9. The molecular weight excluding hydrogens is 245 g/mol. The molecule has 19 heavy (non-hydrogen) atoms. The highest BCUT2D eigenvalue weighted by Crippen LogP contribution is 2.41. The van der Waals surface area contributed by atoms with Gasteiger partial charge in [-0.05, 0) is 36.5 Å². The highest BCUT2D eigenvalue weighted by Gasteiger charge is 2.36.